The van der Waals surface area contributed by atoms with Crippen molar-refractivity contribution in [1.82, 2.24) is 9.55 Å². The lowest BCUT2D eigenvalue weighted by atomic mass is 10.1. The normalized spacial score (nSPS) is 11.0. The van der Waals surface area contributed by atoms with Gasteiger partial charge in [0, 0.05) is 42.1 Å². The van der Waals surface area contributed by atoms with Crippen molar-refractivity contribution in [2.24, 2.45) is 7.05 Å². The van der Waals surface area contributed by atoms with Crippen LogP contribution < -0.4 is 16.6 Å². The first-order chi connectivity index (χ1) is 13.0. The molecule has 0 atom stereocenters. The number of halogens is 1. The summed E-state index contributed by atoms with van der Waals surface area (Å²) in [6.45, 7) is 0.333. The highest BCUT2D eigenvalue weighted by atomic mass is 35.5. The molecule has 0 aliphatic heterocycles. The van der Waals surface area contributed by atoms with E-state index in [0.29, 0.717) is 28.2 Å². The van der Waals surface area contributed by atoms with Gasteiger partial charge < -0.3 is 14.7 Å². The molecule has 2 aromatic heterocycles. The van der Waals surface area contributed by atoms with Gasteiger partial charge in [0.25, 0.3) is 5.56 Å². The Kier molecular flexibility index (Phi) is 4.33. The number of oxazole rings is 1. The topological polar surface area (TPSA) is 80.0 Å². The van der Waals surface area contributed by atoms with Gasteiger partial charge in [-0.1, -0.05) is 23.7 Å². The minimum absolute atomic E-state index is 0.160. The van der Waals surface area contributed by atoms with Crippen LogP contribution in [0.15, 0.2) is 68.7 Å². The number of nitrogens with zero attached hydrogens (tertiary/aromatic N) is 1. The molecule has 4 aromatic rings. The van der Waals surface area contributed by atoms with Crippen molar-refractivity contribution in [3.8, 4) is 11.1 Å². The molecular formula is C20H16ClN3O3. The Morgan fingerprint density at radius 2 is 1.85 bits per heavy atom. The zero-order valence-electron chi connectivity index (χ0n) is 14.5. The van der Waals surface area contributed by atoms with Crippen molar-refractivity contribution >= 4 is 28.4 Å². The van der Waals surface area contributed by atoms with E-state index >= 15 is 0 Å². The van der Waals surface area contributed by atoms with Crippen molar-refractivity contribution in [2.75, 3.05) is 5.32 Å². The summed E-state index contributed by atoms with van der Waals surface area (Å²) < 4.78 is 6.63. The Labute approximate surface area is 159 Å². The van der Waals surface area contributed by atoms with Crippen molar-refractivity contribution < 1.29 is 4.42 Å². The highest BCUT2D eigenvalue weighted by molar-refractivity contribution is 6.30. The minimum Gasteiger partial charge on any atom is -0.408 e. The van der Waals surface area contributed by atoms with Crippen molar-refractivity contribution in [2.45, 2.75) is 6.54 Å². The number of aromatic amines is 1. The average molecular weight is 382 g/mol. The third-order valence-electron chi connectivity index (χ3n) is 4.43. The maximum atomic E-state index is 12.2. The van der Waals surface area contributed by atoms with E-state index < -0.39 is 5.76 Å². The van der Waals surface area contributed by atoms with Crippen molar-refractivity contribution in [3.05, 3.63) is 86.2 Å². The predicted molar refractivity (Wildman–Crippen MR) is 106 cm³/mol. The molecule has 2 heterocycles. The van der Waals surface area contributed by atoms with Gasteiger partial charge in [0.1, 0.15) is 0 Å². The summed E-state index contributed by atoms with van der Waals surface area (Å²) in [6, 6.07) is 14.7. The molecule has 0 spiro atoms. The molecule has 0 bridgehead atoms. The van der Waals surface area contributed by atoms with Gasteiger partial charge >= 0.3 is 5.76 Å². The number of anilines is 1. The molecule has 0 radical (unpaired) electrons. The number of nitrogens with one attached hydrogen (secondary N) is 2. The number of aromatic nitrogens is 2. The molecule has 7 heteroatoms. The fraction of sp³-hybridized carbons (Fsp3) is 0.100. The first-order valence-corrected chi connectivity index (χ1v) is 8.70. The van der Waals surface area contributed by atoms with E-state index in [9.17, 15) is 9.59 Å². The van der Waals surface area contributed by atoms with Gasteiger partial charge in [-0.2, -0.15) is 0 Å². The highest BCUT2D eigenvalue weighted by Crippen LogP contribution is 2.22. The lowest BCUT2D eigenvalue weighted by Gasteiger charge is -2.08. The molecule has 0 fully saturated rings. The second-order valence-electron chi connectivity index (χ2n) is 6.21. The molecule has 136 valence electrons. The summed E-state index contributed by atoms with van der Waals surface area (Å²) >= 11 is 5.93. The van der Waals surface area contributed by atoms with Crippen LogP contribution in [0.1, 0.15) is 5.56 Å². The van der Waals surface area contributed by atoms with E-state index in [-0.39, 0.29) is 5.56 Å². The lowest BCUT2D eigenvalue weighted by molar-refractivity contribution is 0.528. The molecule has 2 N–H and O–H groups in total. The number of pyridine rings is 1. The van der Waals surface area contributed by atoms with Gasteiger partial charge in [-0.15, -0.1) is 0 Å². The molecule has 0 aliphatic carbocycles. The Morgan fingerprint density at radius 1 is 1.07 bits per heavy atom. The molecule has 0 saturated heterocycles. The van der Waals surface area contributed by atoms with E-state index in [0.717, 1.165) is 16.8 Å². The maximum absolute atomic E-state index is 12.2. The van der Waals surface area contributed by atoms with E-state index in [4.69, 9.17) is 16.0 Å². The summed E-state index contributed by atoms with van der Waals surface area (Å²) in [5, 5.41) is 3.86. The van der Waals surface area contributed by atoms with Crippen LogP contribution in [0.25, 0.3) is 22.2 Å². The standard InChI is InChI=1S/C20H16ClN3O3/c1-24-17-7-6-16(9-18(17)27-20(24)26)22-11-14-8-13(10-23-19(14)25)12-2-4-15(21)5-3-12/h2-10,22H,11H2,1H3,(H,23,25). The smallest absolute Gasteiger partial charge is 0.408 e. The molecule has 0 unspecified atom stereocenters. The zero-order valence-corrected chi connectivity index (χ0v) is 15.2. The van der Waals surface area contributed by atoms with Gasteiger partial charge in [-0.05, 0) is 41.5 Å². The van der Waals surface area contributed by atoms with E-state index in [1.54, 1.807) is 25.4 Å². The number of fused-ring (bicyclic) bond motifs is 1. The third kappa shape index (κ3) is 3.39. The summed E-state index contributed by atoms with van der Waals surface area (Å²) in [6.07, 6.45) is 1.68. The predicted octanol–water partition coefficient (Wildman–Crippen LogP) is 3.75. The lowest BCUT2D eigenvalue weighted by Crippen LogP contribution is -2.15. The second kappa shape index (κ2) is 6.81. The van der Waals surface area contributed by atoms with Crippen LogP contribution in [0, 0.1) is 0 Å². The largest absolute Gasteiger partial charge is 0.419 e. The molecule has 4 rings (SSSR count). The Balaban J connectivity index is 1.59. The SMILES string of the molecule is Cn1c(=O)oc2cc(NCc3cc(-c4ccc(Cl)cc4)c[nH]c3=O)ccc21. The fourth-order valence-electron chi connectivity index (χ4n) is 2.91. The van der Waals surface area contributed by atoms with Gasteiger partial charge in [-0.25, -0.2) is 4.79 Å². The monoisotopic (exact) mass is 381 g/mol. The van der Waals surface area contributed by atoms with Crippen LogP contribution in [0.4, 0.5) is 5.69 Å². The number of benzene rings is 2. The summed E-state index contributed by atoms with van der Waals surface area (Å²) in [5.74, 6) is -0.408. The molecule has 0 amide bonds. The Bertz CT molecular complexity index is 1240. The third-order valence-corrected chi connectivity index (χ3v) is 4.68. The summed E-state index contributed by atoms with van der Waals surface area (Å²) in [7, 11) is 1.66. The van der Waals surface area contributed by atoms with Gasteiger partial charge in [0.2, 0.25) is 0 Å². The van der Waals surface area contributed by atoms with E-state index in [1.807, 2.05) is 36.4 Å². The zero-order chi connectivity index (χ0) is 19.0. The van der Waals surface area contributed by atoms with Crippen LogP contribution in [-0.2, 0) is 13.6 Å². The second-order valence-corrected chi connectivity index (χ2v) is 6.65. The fourth-order valence-corrected chi connectivity index (χ4v) is 3.04. The van der Waals surface area contributed by atoms with E-state index in [2.05, 4.69) is 10.3 Å². The Morgan fingerprint density at radius 3 is 2.63 bits per heavy atom. The number of aryl methyl sites for hydroxylation is 1. The molecule has 2 aromatic carbocycles. The summed E-state index contributed by atoms with van der Waals surface area (Å²) in [4.78, 5) is 26.5. The Hall–Kier alpha value is -3.25. The quantitative estimate of drug-likeness (QED) is 0.564. The van der Waals surface area contributed by atoms with Crippen molar-refractivity contribution in [3.63, 3.8) is 0 Å². The van der Waals surface area contributed by atoms with Gasteiger partial charge in [-0.3, -0.25) is 9.36 Å². The number of hydrogen-bond donors (Lipinski definition) is 2. The van der Waals surface area contributed by atoms with Gasteiger partial charge in [0.05, 0.1) is 5.52 Å². The molecular weight excluding hydrogens is 366 g/mol. The van der Waals surface area contributed by atoms with E-state index in [1.165, 1.54) is 4.57 Å². The van der Waals surface area contributed by atoms with Crippen LogP contribution in [0.5, 0.6) is 0 Å². The highest BCUT2D eigenvalue weighted by Gasteiger charge is 2.08. The van der Waals surface area contributed by atoms with Crippen LogP contribution in [0.3, 0.4) is 0 Å². The minimum atomic E-state index is -0.408. The first-order valence-electron chi connectivity index (χ1n) is 8.32. The van der Waals surface area contributed by atoms with Crippen LogP contribution in [0.2, 0.25) is 5.02 Å². The molecule has 27 heavy (non-hydrogen) atoms. The van der Waals surface area contributed by atoms with Crippen LogP contribution >= 0.6 is 11.6 Å². The molecule has 0 saturated carbocycles. The summed E-state index contributed by atoms with van der Waals surface area (Å²) in [5.41, 5.74) is 4.26. The van der Waals surface area contributed by atoms with Crippen LogP contribution in [-0.4, -0.2) is 9.55 Å². The number of hydrogen-bond acceptors (Lipinski definition) is 4. The maximum Gasteiger partial charge on any atom is 0.419 e. The van der Waals surface area contributed by atoms with Crippen molar-refractivity contribution in [1.29, 1.82) is 0 Å². The molecule has 6 nitrogen and oxygen atoms in total. The molecule has 0 aliphatic rings. The van der Waals surface area contributed by atoms with Gasteiger partial charge in [0.15, 0.2) is 5.58 Å². The average Bonchev–Trinajstić information content (AvgIpc) is 2.95. The number of H-pyrrole nitrogens is 1. The first kappa shape index (κ1) is 17.2. The number of rotatable bonds is 4.